The molecule has 8 heteroatoms. The van der Waals surface area contributed by atoms with E-state index in [2.05, 4.69) is 35.9 Å². The first kappa shape index (κ1) is 19.0. The molecular weight excluding hydrogens is 300 g/mol. The van der Waals surface area contributed by atoms with E-state index < -0.39 is 12.1 Å². The highest BCUT2D eigenvalue weighted by Gasteiger charge is 2.17. The van der Waals surface area contributed by atoms with Crippen molar-refractivity contribution in [2.75, 3.05) is 24.7 Å². The van der Waals surface area contributed by atoms with Crippen molar-refractivity contribution in [2.24, 2.45) is 0 Å². The van der Waals surface area contributed by atoms with Crippen LogP contribution in [0.15, 0.2) is 12.4 Å². The summed E-state index contributed by atoms with van der Waals surface area (Å²) in [6, 6.07) is -1.07. The monoisotopic (exact) mass is 322 g/mol. The van der Waals surface area contributed by atoms with Gasteiger partial charge in [0, 0.05) is 23.9 Å². The van der Waals surface area contributed by atoms with Crippen LogP contribution in [0.3, 0.4) is 0 Å². The van der Waals surface area contributed by atoms with Crippen molar-refractivity contribution in [3.63, 3.8) is 0 Å². The minimum atomic E-state index is -0.534. The van der Waals surface area contributed by atoms with E-state index >= 15 is 0 Å². The lowest BCUT2D eigenvalue weighted by atomic mass is 10.3. The van der Waals surface area contributed by atoms with Crippen LogP contribution in [0.5, 0.6) is 0 Å². The number of nitrogens with one attached hydrogen (secondary N) is 2. The molecule has 0 aliphatic rings. The smallest absolute Gasteiger partial charge is 0.329 e. The van der Waals surface area contributed by atoms with Crippen LogP contribution in [-0.4, -0.2) is 48.7 Å². The average Bonchev–Trinajstić information content (AvgIpc) is 2.43. The van der Waals surface area contributed by atoms with Gasteiger partial charge in [-0.3, -0.25) is 0 Å². The Labute approximate surface area is 130 Å². The first-order valence-electron chi connectivity index (χ1n) is 6.32. The standard InChI is InChI=1S/C12H22N2O4S2/c1-3-17-11(15)9(7-19)13-5-6-14-10(8-20)12(16)18-4-2/h5-6,9-10,13-14,19-20H,3-4,7-8H2,1-2H3/t9-,10-/m0/s1. The number of rotatable bonds is 10. The molecule has 116 valence electrons. The molecule has 0 unspecified atom stereocenters. The van der Waals surface area contributed by atoms with Gasteiger partial charge in [-0.15, -0.1) is 0 Å². The second-order valence-electron chi connectivity index (χ2n) is 3.64. The lowest BCUT2D eigenvalue weighted by Gasteiger charge is -2.15. The first-order chi connectivity index (χ1) is 9.60. The Bertz CT molecular complexity index is 297. The van der Waals surface area contributed by atoms with Crippen LogP contribution in [-0.2, 0) is 19.1 Å². The molecule has 2 N–H and O–H groups in total. The molecule has 0 bridgehead atoms. The van der Waals surface area contributed by atoms with E-state index in [0.29, 0.717) is 24.7 Å². The largest absolute Gasteiger partial charge is 0.464 e. The summed E-state index contributed by atoms with van der Waals surface area (Å²) in [4.78, 5) is 23.0. The van der Waals surface area contributed by atoms with Crippen LogP contribution in [0.4, 0.5) is 0 Å². The molecule has 0 aromatic rings. The normalized spacial score (nSPS) is 13.6. The Morgan fingerprint density at radius 2 is 1.30 bits per heavy atom. The zero-order valence-corrected chi connectivity index (χ0v) is 13.5. The third-order valence-electron chi connectivity index (χ3n) is 2.19. The van der Waals surface area contributed by atoms with Gasteiger partial charge in [-0.25, -0.2) is 9.59 Å². The number of hydrogen-bond donors (Lipinski definition) is 4. The summed E-state index contributed by atoms with van der Waals surface area (Å²) in [7, 11) is 0. The molecule has 0 radical (unpaired) electrons. The van der Waals surface area contributed by atoms with Gasteiger partial charge in [0.25, 0.3) is 0 Å². The van der Waals surface area contributed by atoms with Crippen molar-refractivity contribution in [1.82, 2.24) is 10.6 Å². The van der Waals surface area contributed by atoms with Crippen LogP contribution in [0.2, 0.25) is 0 Å². The summed E-state index contributed by atoms with van der Waals surface area (Å²) in [5.74, 6) is -0.139. The molecule has 0 spiro atoms. The molecule has 0 aromatic carbocycles. The van der Waals surface area contributed by atoms with Crippen LogP contribution >= 0.6 is 25.3 Å². The number of thiol groups is 2. The van der Waals surface area contributed by atoms with E-state index in [9.17, 15) is 9.59 Å². The average molecular weight is 322 g/mol. The fourth-order valence-electron chi connectivity index (χ4n) is 1.20. The second-order valence-corrected chi connectivity index (χ2v) is 4.37. The molecule has 2 atom stereocenters. The van der Waals surface area contributed by atoms with E-state index in [1.807, 2.05) is 0 Å². The minimum absolute atomic E-state index is 0.303. The van der Waals surface area contributed by atoms with Gasteiger partial charge in [0.2, 0.25) is 0 Å². The lowest BCUT2D eigenvalue weighted by molar-refractivity contribution is -0.145. The molecule has 0 aromatic heterocycles. The first-order valence-corrected chi connectivity index (χ1v) is 7.59. The maximum atomic E-state index is 11.5. The molecule has 0 aliphatic heterocycles. The Kier molecular flexibility index (Phi) is 11.2. The van der Waals surface area contributed by atoms with E-state index in [0.717, 1.165) is 0 Å². The Morgan fingerprint density at radius 1 is 0.950 bits per heavy atom. The van der Waals surface area contributed by atoms with Gasteiger partial charge in [-0.2, -0.15) is 25.3 Å². The van der Waals surface area contributed by atoms with Crippen molar-refractivity contribution >= 4 is 37.2 Å². The van der Waals surface area contributed by atoms with Crippen molar-refractivity contribution in [2.45, 2.75) is 25.9 Å². The Hall–Kier alpha value is -1.02. The quantitative estimate of drug-likeness (QED) is 0.344. The minimum Gasteiger partial charge on any atom is -0.464 e. The predicted molar refractivity (Wildman–Crippen MR) is 84.0 cm³/mol. The fourth-order valence-corrected chi connectivity index (χ4v) is 1.71. The molecule has 0 rings (SSSR count). The third kappa shape index (κ3) is 7.54. The Balaban J connectivity index is 4.21. The second kappa shape index (κ2) is 11.8. The van der Waals surface area contributed by atoms with Gasteiger partial charge in [0.1, 0.15) is 12.1 Å². The maximum absolute atomic E-state index is 11.5. The highest BCUT2D eigenvalue weighted by atomic mass is 32.1. The van der Waals surface area contributed by atoms with Gasteiger partial charge in [-0.05, 0) is 13.8 Å². The molecule has 6 nitrogen and oxygen atoms in total. The summed E-state index contributed by atoms with van der Waals surface area (Å²) >= 11 is 8.13. The lowest BCUT2D eigenvalue weighted by Crippen LogP contribution is -2.39. The zero-order chi connectivity index (χ0) is 15.4. The predicted octanol–water partition coefficient (Wildman–Crippen LogP) is 0.360. The molecule has 20 heavy (non-hydrogen) atoms. The summed E-state index contributed by atoms with van der Waals surface area (Å²) in [6.07, 6.45) is 3.04. The number of carbonyl (C=O) groups is 2. The number of ether oxygens (including phenoxy) is 2. The van der Waals surface area contributed by atoms with Crippen LogP contribution in [0.25, 0.3) is 0 Å². The fraction of sp³-hybridized carbons (Fsp3) is 0.667. The zero-order valence-electron chi connectivity index (χ0n) is 11.7. The van der Waals surface area contributed by atoms with E-state index in [1.165, 1.54) is 12.4 Å². The molecule has 0 saturated carbocycles. The third-order valence-corrected chi connectivity index (χ3v) is 2.92. The van der Waals surface area contributed by atoms with Gasteiger partial charge in [0.15, 0.2) is 0 Å². The Morgan fingerprint density at radius 3 is 1.55 bits per heavy atom. The SMILES string of the molecule is CCOC(=O)[C@H](CS)NC=CN[C@@H](CS)C(=O)OCC. The summed E-state index contributed by atoms with van der Waals surface area (Å²) in [6.45, 7) is 4.11. The number of esters is 2. The topological polar surface area (TPSA) is 76.7 Å². The molecule has 0 heterocycles. The summed E-state index contributed by atoms with van der Waals surface area (Å²) in [5, 5.41) is 5.67. The summed E-state index contributed by atoms with van der Waals surface area (Å²) in [5.41, 5.74) is 0. The van der Waals surface area contributed by atoms with Gasteiger partial charge >= 0.3 is 11.9 Å². The molecular formula is C12H22N2O4S2. The van der Waals surface area contributed by atoms with Crippen LogP contribution in [0, 0.1) is 0 Å². The van der Waals surface area contributed by atoms with Crippen LogP contribution in [0.1, 0.15) is 13.8 Å². The highest BCUT2D eigenvalue weighted by molar-refractivity contribution is 7.80. The van der Waals surface area contributed by atoms with E-state index in [4.69, 9.17) is 9.47 Å². The van der Waals surface area contributed by atoms with E-state index in [1.54, 1.807) is 13.8 Å². The molecule has 0 amide bonds. The molecule has 0 saturated heterocycles. The van der Waals surface area contributed by atoms with Crippen molar-refractivity contribution in [3.8, 4) is 0 Å². The number of hydrogen-bond acceptors (Lipinski definition) is 8. The molecule has 0 aliphatic carbocycles. The molecule has 0 fully saturated rings. The van der Waals surface area contributed by atoms with Gasteiger partial charge < -0.3 is 20.1 Å². The van der Waals surface area contributed by atoms with Crippen molar-refractivity contribution < 1.29 is 19.1 Å². The summed E-state index contributed by atoms with van der Waals surface area (Å²) < 4.78 is 9.75. The number of carbonyl (C=O) groups excluding carboxylic acids is 2. The maximum Gasteiger partial charge on any atom is 0.329 e. The van der Waals surface area contributed by atoms with Gasteiger partial charge in [-0.1, -0.05) is 0 Å². The van der Waals surface area contributed by atoms with Crippen molar-refractivity contribution in [1.29, 1.82) is 0 Å². The van der Waals surface area contributed by atoms with Gasteiger partial charge in [0.05, 0.1) is 13.2 Å². The highest BCUT2D eigenvalue weighted by Crippen LogP contribution is 1.94. The van der Waals surface area contributed by atoms with Crippen LogP contribution < -0.4 is 10.6 Å². The van der Waals surface area contributed by atoms with E-state index in [-0.39, 0.29) is 11.9 Å². The van der Waals surface area contributed by atoms with Crippen molar-refractivity contribution in [3.05, 3.63) is 12.4 Å².